The molecule has 0 spiro atoms. The number of nitrogens with one attached hydrogen (secondary N) is 1. The van der Waals surface area contributed by atoms with E-state index in [2.05, 4.69) is 5.43 Å². The molecule has 0 amide bonds. The summed E-state index contributed by atoms with van der Waals surface area (Å²) in [7, 11) is 0. The summed E-state index contributed by atoms with van der Waals surface area (Å²) in [6, 6.07) is 5.00. The summed E-state index contributed by atoms with van der Waals surface area (Å²) in [6.45, 7) is 1.68. The Morgan fingerprint density at radius 3 is 2.42 bits per heavy atom. The van der Waals surface area contributed by atoms with E-state index in [1.54, 1.807) is 0 Å². The molecule has 1 N–H and O–H groups in total. The van der Waals surface area contributed by atoms with Gasteiger partial charge in [0.25, 0.3) is 0 Å². The Bertz CT molecular complexity index is 485. The normalized spacial score (nSPS) is 16.9. The van der Waals surface area contributed by atoms with Gasteiger partial charge in [0.05, 0.1) is 16.8 Å². The lowest BCUT2D eigenvalue weighted by Crippen LogP contribution is -2.35. The summed E-state index contributed by atoms with van der Waals surface area (Å²) < 4.78 is 37.7. The van der Waals surface area contributed by atoms with Crippen LogP contribution in [0.4, 0.5) is 18.9 Å². The van der Waals surface area contributed by atoms with E-state index >= 15 is 0 Å². The summed E-state index contributed by atoms with van der Waals surface area (Å²) in [6.07, 6.45) is -1.16. The number of hydrogen-bond donors (Lipinski definition) is 1. The van der Waals surface area contributed by atoms with Gasteiger partial charge >= 0.3 is 6.18 Å². The monoisotopic (exact) mass is 269 g/mol. The Balaban J connectivity index is 2.19. The van der Waals surface area contributed by atoms with Gasteiger partial charge in [0.15, 0.2) is 0 Å². The Labute approximate surface area is 109 Å². The van der Waals surface area contributed by atoms with Gasteiger partial charge in [-0.2, -0.15) is 18.4 Å². The van der Waals surface area contributed by atoms with Gasteiger partial charge in [0, 0.05) is 13.1 Å². The van der Waals surface area contributed by atoms with Crippen LogP contribution < -0.4 is 5.43 Å². The van der Waals surface area contributed by atoms with E-state index in [0.717, 1.165) is 44.5 Å². The SMILES string of the molecule is N#Cc1cc(C(F)(F)F)ccc1NN1CCCCC1. The maximum absolute atomic E-state index is 12.6. The molecule has 19 heavy (non-hydrogen) atoms. The molecule has 1 aliphatic rings. The predicted octanol–water partition coefficient (Wildman–Crippen LogP) is 3.39. The van der Waals surface area contributed by atoms with Crippen molar-refractivity contribution < 1.29 is 13.2 Å². The maximum atomic E-state index is 12.6. The van der Waals surface area contributed by atoms with E-state index in [1.807, 2.05) is 11.1 Å². The first-order valence-electron chi connectivity index (χ1n) is 6.13. The minimum Gasteiger partial charge on any atom is -0.318 e. The molecule has 0 radical (unpaired) electrons. The smallest absolute Gasteiger partial charge is 0.318 e. The maximum Gasteiger partial charge on any atom is 0.416 e. The fourth-order valence-electron chi connectivity index (χ4n) is 2.09. The van der Waals surface area contributed by atoms with E-state index in [9.17, 15) is 13.2 Å². The van der Waals surface area contributed by atoms with Crippen molar-refractivity contribution in [2.45, 2.75) is 25.4 Å². The third kappa shape index (κ3) is 3.38. The zero-order valence-electron chi connectivity index (χ0n) is 10.3. The number of benzene rings is 1. The molecule has 0 aliphatic carbocycles. The number of hydrogen-bond acceptors (Lipinski definition) is 3. The lowest BCUT2D eigenvalue weighted by Gasteiger charge is -2.28. The summed E-state index contributed by atoms with van der Waals surface area (Å²) >= 11 is 0. The van der Waals surface area contributed by atoms with Gasteiger partial charge in [0.1, 0.15) is 6.07 Å². The van der Waals surface area contributed by atoms with E-state index < -0.39 is 11.7 Å². The largest absolute Gasteiger partial charge is 0.416 e. The number of halogens is 3. The molecular formula is C13H14F3N3. The first-order chi connectivity index (χ1) is 9.00. The predicted molar refractivity (Wildman–Crippen MR) is 65.2 cm³/mol. The minimum atomic E-state index is -4.42. The van der Waals surface area contributed by atoms with Crippen molar-refractivity contribution in [3.05, 3.63) is 29.3 Å². The second kappa shape index (κ2) is 5.49. The lowest BCUT2D eigenvalue weighted by atomic mass is 10.1. The highest BCUT2D eigenvalue weighted by Gasteiger charge is 2.31. The van der Waals surface area contributed by atoms with Crippen LogP contribution >= 0.6 is 0 Å². The molecule has 1 fully saturated rings. The van der Waals surface area contributed by atoms with E-state index in [0.29, 0.717) is 5.69 Å². The lowest BCUT2D eigenvalue weighted by molar-refractivity contribution is -0.137. The molecule has 0 aromatic heterocycles. The van der Waals surface area contributed by atoms with Gasteiger partial charge in [-0.1, -0.05) is 6.42 Å². The topological polar surface area (TPSA) is 39.1 Å². The quantitative estimate of drug-likeness (QED) is 0.894. The zero-order chi connectivity index (χ0) is 13.9. The number of piperidine rings is 1. The van der Waals surface area contributed by atoms with Gasteiger partial charge < -0.3 is 5.43 Å². The molecule has 0 atom stereocenters. The molecule has 6 heteroatoms. The molecular weight excluding hydrogens is 255 g/mol. The standard InChI is InChI=1S/C13H14F3N3/c14-13(15,16)11-4-5-12(10(8-11)9-17)18-19-6-2-1-3-7-19/h4-5,8,18H,1-3,6-7H2. The van der Waals surface area contributed by atoms with Gasteiger partial charge in [-0.05, 0) is 31.0 Å². The summed E-state index contributed by atoms with van der Waals surface area (Å²) in [4.78, 5) is 0. The van der Waals surface area contributed by atoms with Gasteiger partial charge in [-0.3, -0.25) is 0 Å². The highest BCUT2D eigenvalue weighted by molar-refractivity contribution is 5.58. The molecule has 0 bridgehead atoms. The Hall–Kier alpha value is -1.74. The van der Waals surface area contributed by atoms with E-state index in [4.69, 9.17) is 5.26 Å². The van der Waals surface area contributed by atoms with Gasteiger partial charge in [-0.15, -0.1) is 0 Å². The fraction of sp³-hybridized carbons (Fsp3) is 0.462. The third-order valence-corrected chi connectivity index (χ3v) is 3.10. The van der Waals surface area contributed by atoms with Crippen LogP contribution in [0.2, 0.25) is 0 Å². The third-order valence-electron chi connectivity index (χ3n) is 3.10. The van der Waals surface area contributed by atoms with Crippen molar-refractivity contribution in [1.29, 1.82) is 5.26 Å². The molecule has 2 rings (SSSR count). The van der Waals surface area contributed by atoms with E-state index in [-0.39, 0.29) is 5.56 Å². The molecule has 3 nitrogen and oxygen atoms in total. The fourth-order valence-corrected chi connectivity index (χ4v) is 2.09. The molecule has 1 aromatic carbocycles. The highest BCUT2D eigenvalue weighted by atomic mass is 19.4. The van der Waals surface area contributed by atoms with Crippen LogP contribution in [-0.4, -0.2) is 18.1 Å². The summed E-state index contributed by atoms with van der Waals surface area (Å²) in [5.41, 5.74) is 2.67. The van der Waals surface area contributed by atoms with Crippen LogP contribution in [0.3, 0.4) is 0 Å². The van der Waals surface area contributed by atoms with Crippen molar-refractivity contribution in [2.24, 2.45) is 0 Å². The Morgan fingerprint density at radius 1 is 1.16 bits per heavy atom. The molecule has 1 aromatic rings. The summed E-state index contributed by atoms with van der Waals surface area (Å²) in [5, 5.41) is 10.9. The average molecular weight is 269 g/mol. The number of nitriles is 1. The summed E-state index contributed by atoms with van der Waals surface area (Å²) in [5.74, 6) is 0. The van der Waals surface area contributed by atoms with Crippen LogP contribution in [0.1, 0.15) is 30.4 Å². The van der Waals surface area contributed by atoms with Crippen LogP contribution in [0.15, 0.2) is 18.2 Å². The van der Waals surface area contributed by atoms with Crippen molar-refractivity contribution in [3.63, 3.8) is 0 Å². The molecule has 1 saturated heterocycles. The van der Waals surface area contributed by atoms with Crippen LogP contribution in [-0.2, 0) is 6.18 Å². The first kappa shape index (κ1) is 13.7. The highest BCUT2D eigenvalue weighted by Crippen LogP contribution is 2.31. The minimum absolute atomic E-state index is 0.0143. The van der Waals surface area contributed by atoms with Gasteiger partial charge in [0.2, 0.25) is 0 Å². The second-order valence-electron chi connectivity index (χ2n) is 4.53. The van der Waals surface area contributed by atoms with Crippen LogP contribution in [0, 0.1) is 11.3 Å². The average Bonchev–Trinajstić information content (AvgIpc) is 2.39. The molecule has 1 aliphatic heterocycles. The number of alkyl halides is 3. The molecule has 0 saturated carbocycles. The van der Waals surface area contributed by atoms with Crippen molar-refractivity contribution in [3.8, 4) is 6.07 Å². The Kier molecular flexibility index (Phi) is 3.96. The van der Waals surface area contributed by atoms with Crippen LogP contribution in [0.25, 0.3) is 0 Å². The van der Waals surface area contributed by atoms with Crippen molar-refractivity contribution in [1.82, 2.24) is 5.01 Å². The number of anilines is 1. The molecule has 102 valence electrons. The Morgan fingerprint density at radius 2 is 1.84 bits per heavy atom. The number of hydrazine groups is 1. The molecule has 1 heterocycles. The number of rotatable bonds is 2. The van der Waals surface area contributed by atoms with Gasteiger partial charge in [-0.25, -0.2) is 5.01 Å². The van der Waals surface area contributed by atoms with Crippen molar-refractivity contribution in [2.75, 3.05) is 18.5 Å². The van der Waals surface area contributed by atoms with Crippen molar-refractivity contribution >= 4 is 5.69 Å². The number of nitrogens with zero attached hydrogens (tertiary/aromatic N) is 2. The second-order valence-corrected chi connectivity index (χ2v) is 4.53. The van der Waals surface area contributed by atoms with E-state index in [1.165, 1.54) is 6.07 Å². The zero-order valence-corrected chi connectivity index (χ0v) is 10.3. The van der Waals surface area contributed by atoms with Crippen LogP contribution in [0.5, 0.6) is 0 Å². The molecule has 0 unspecified atom stereocenters. The first-order valence-corrected chi connectivity index (χ1v) is 6.13.